The third-order valence-corrected chi connectivity index (χ3v) is 11.7. The Morgan fingerprint density at radius 3 is 2.45 bits per heavy atom. The molecule has 1 aliphatic heterocycles. The van der Waals surface area contributed by atoms with Crippen molar-refractivity contribution in [1.29, 1.82) is 0 Å². The van der Waals surface area contributed by atoms with Crippen molar-refractivity contribution >= 4 is 0 Å². The Morgan fingerprint density at radius 1 is 0.968 bits per heavy atom. The van der Waals surface area contributed by atoms with E-state index < -0.39 is 0 Å². The van der Waals surface area contributed by atoms with E-state index in [0.29, 0.717) is 10.8 Å². The first-order valence-corrected chi connectivity index (χ1v) is 13.8. The Balaban J connectivity index is 1.36. The van der Waals surface area contributed by atoms with E-state index in [1.807, 2.05) is 0 Å². The smallest absolute Gasteiger partial charge is 0.0628 e. The van der Waals surface area contributed by atoms with Gasteiger partial charge in [-0.1, -0.05) is 52.7 Å². The molecule has 0 aromatic carbocycles. The molecular formula is C29H49NO. The molecule has 1 N–H and O–H groups in total. The molecule has 1 saturated heterocycles. The Labute approximate surface area is 192 Å². The Kier molecular flexibility index (Phi) is 5.70. The second kappa shape index (κ2) is 7.86. The van der Waals surface area contributed by atoms with Crippen molar-refractivity contribution in [2.75, 3.05) is 19.6 Å². The van der Waals surface area contributed by atoms with Crippen LogP contribution < -0.4 is 0 Å². The average molecular weight is 428 g/mol. The molecule has 0 aromatic heterocycles. The topological polar surface area (TPSA) is 23.5 Å². The third kappa shape index (κ3) is 3.40. The number of hydrogen-bond donors (Lipinski definition) is 1. The summed E-state index contributed by atoms with van der Waals surface area (Å²) in [7, 11) is 0. The standard InChI is InChI=1S/C29H49NO/c1-20(19-30-17-7-6-8-18-30)22-10-11-23-21-9-12-25-27(2,3)26(31)14-16-29(25,5)24(21)13-15-28(22,23)4/h12,20-24,26,31H,6-11,13-19H2,1-5H3/t20-,21+,22-,23+,24+,26+,28-,29-/m1/s1. The monoisotopic (exact) mass is 427 g/mol. The molecule has 0 radical (unpaired) electrons. The molecule has 2 heteroatoms. The van der Waals surface area contributed by atoms with Gasteiger partial charge < -0.3 is 10.0 Å². The third-order valence-electron chi connectivity index (χ3n) is 11.7. The van der Waals surface area contributed by atoms with Crippen LogP contribution in [0.4, 0.5) is 0 Å². The molecule has 4 aliphatic carbocycles. The van der Waals surface area contributed by atoms with Gasteiger partial charge >= 0.3 is 0 Å². The molecule has 1 heterocycles. The number of fused-ring (bicyclic) bond motifs is 5. The van der Waals surface area contributed by atoms with E-state index in [0.717, 1.165) is 36.0 Å². The summed E-state index contributed by atoms with van der Waals surface area (Å²) in [5.74, 6) is 4.41. The van der Waals surface area contributed by atoms with Crippen LogP contribution in [0, 0.1) is 45.8 Å². The minimum Gasteiger partial charge on any atom is -0.392 e. The highest BCUT2D eigenvalue weighted by molar-refractivity contribution is 5.31. The SMILES string of the molecule is C[C@H](CN1CCCCC1)[C@H]1CC[C@H]2[C@@H]3CC=C4C(C)(C)[C@@H](O)CC[C@]4(C)[C@H]3CC[C@]12C. The van der Waals surface area contributed by atoms with Crippen LogP contribution in [0.15, 0.2) is 11.6 Å². The lowest BCUT2D eigenvalue weighted by atomic mass is 9.44. The molecule has 8 atom stereocenters. The number of allylic oxidation sites excluding steroid dienone is 1. The van der Waals surface area contributed by atoms with Crippen molar-refractivity contribution in [3.63, 3.8) is 0 Å². The first kappa shape index (κ1) is 22.5. The summed E-state index contributed by atoms with van der Waals surface area (Å²) in [4.78, 5) is 2.78. The molecule has 0 unspecified atom stereocenters. The summed E-state index contributed by atoms with van der Waals surface area (Å²) in [6.07, 6.45) is 16.0. The van der Waals surface area contributed by atoms with Gasteiger partial charge in [0.25, 0.3) is 0 Å². The van der Waals surface area contributed by atoms with E-state index in [1.54, 1.807) is 5.57 Å². The number of aliphatic hydroxyl groups excluding tert-OH is 1. The van der Waals surface area contributed by atoms with E-state index >= 15 is 0 Å². The summed E-state index contributed by atoms with van der Waals surface area (Å²) in [5, 5.41) is 10.8. The Hall–Kier alpha value is -0.340. The van der Waals surface area contributed by atoms with Crippen LogP contribution in [0.3, 0.4) is 0 Å². The molecule has 0 aromatic rings. The fourth-order valence-corrected chi connectivity index (χ4v) is 10.0. The normalized spacial score (nSPS) is 48.3. The van der Waals surface area contributed by atoms with Gasteiger partial charge in [0.1, 0.15) is 0 Å². The zero-order valence-electron chi connectivity index (χ0n) is 21.1. The molecule has 0 spiro atoms. The van der Waals surface area contributed by atoms with Crippen LogP contribution in [-0.2, 0) is 0 Å². The number of aliphatic hydroxyl groups is 1. The molecule has 0 amide bonds. The molecule has 176 valence electrons. The van der Waals surface area contributed by atoms with Crippen molar-refractivity contribution in [1.82, 2.24) is 4.90 Å². The highest BCUT2D eigenvalue weighted by Gasteiger charge is 2.61. The summed E-state index contributed by atoms with van der Waals surface area (Å²) in [6.45, 7) is 16.5. The van der Waals surface area contributed by atoms with E-state index in [2.05, 4.69) is 45.6 Å². The largest absolute Gasteiger partial charge is 0.392 e. The fraction of sp³-hybridized carbons (Fsp3) is 0.931. The van der Waals surface area contributed by atoms with Gasteiger partial charge in [0.05, 0.1) is 6.10 Å². The van der Waals surface area contributed by atoms with E-state index in [-0.39, 0.29) is 11.5 Å². The lowest BCUT2D eigenvalue weighted by Gasteiger charge is -2.61. The predicted octanol–water partition coefficient (Wildman–Crippen LogP) is 6.68. The molecule has 0 bridgehead atoms. The van der Waals surface area contributed by atoms with Crippen molar-refractivity contribution in [3.8, 4) is 0 Å². The number of hydrogen-bond acceptors (Lipinski definition) is 2. The van der Waals surface area contributed by atoms with Gasteiger partial charge in [-0.2, -0.15) is 0 Å². The summed E-state index contributed by atoms with van der Waals surface area (Å²) < 4.78 is 0. The first-order chi connectivity index (χ1) is 14.7. The number of nitrogens with zero attached hydrogens (tertiary/aromatic N) is 1. The lowest BCUT2D eigenvalue weighted by molar-refractivity contribution is -0.0790. The van der Waals surface area contributed by atoms with Crippen LogP contribution in [0.25, 0.3) is 0 Å². The minimum absolute atomic E-state index is 0.0418. The lowest BCUT2D eigenvalue weighted by Crippen LogP contribution is -2.54. The van der Waals surface area contributed by atoms with Gasteiger partial charge in [-0.15, -0.1) is 0 Å². The van der Waals surface area contributed by atoms with Crippen LogP contribution in [0.1, 0.15) is 98.8 Å². The average Bonchev–Trinajstić information content (AvgIpc) is 3.09. The van der Waals surface area contributed by atoms with E-state index in [9.17, 15) is 5.11 Å². The zero-order chi connectivity index (χ0) is 22.0. The maximum atomic E-state index is 10.8. The van der Waals surface area contributed by atoms with Crippen LogP contribution >= 0.6 is 0 Å². The number of likely N-dealkylation sites (tertiary alicyclic amines) is 1. The van der Waals surface area contributed by atoms with Gasteiger partial charge in [-0.3, -0.25) is 0 Å². The second-order valence-electron chi connectivity index (χ2n) is 13.5. The van der Waals surface area contributed by atoms with E-state index in [4.69, 9.17) is 0 Å². The number of piperidine rings is 1. The molecule has 2 nitrogen and oxygen atoms in total. The first-order valence-electron chi connectivity index (χ1n) is 13.8. The molecule has 31 heavy (non-hydrogen) atoms. The molecule has 5 aliphatic rings. The fourth-order valence-electron chi connectivity index (χ4n) is 10.0. The van der Waals surface area contributed by atoms with E-state index in [1.165, 1.54) is 77.4 Å². The Morgan fingerprint density at radius 2 is 1.71 bits per heavy atom. The Bertz CT molecular complexity index is 706. The van der Waals surface area contributed by atoms with Crippen LogP contribution in [0.5, 0.6) is 0 Å². The minimum atomic E-state index is -0.163. The van der Waals surface area contributed by atoms with Gasteiger partial charge in [0.2, 0.25) is 0 Å². The predicted molar refractivity (Wildman–Crippen MR) is 130 cm³/mol. The number of rotatable bonds is 3. The van der Waals surface area contributed by atoms with Crippen molar-refractivity contribution in [3.05, 3.63) is 11.6 Å². The maximum Gasteiger partial charge on any atom is 0.0628 e. The quantitative estimate of drug-likeness (QED) is 0.508. The van der Waals surface area contributed by atoms with Crippen LogP contribution in [-0.4, -0.2) is 35.7 Å². The maximum absolute atomic E-state index is 10.8. The van der Waals surface area contributed by atoms with Crippen molar-refractivity contribution in [2.24, 2.45) is 45.8 Å². The van der Waals surface area contributed by atoms with Crippen molar-refractivity contribution < 1.29 is 5.11 Å². The summed E-state index contributed by atoms with van der Waals surface area (Å²) in [5.41, 5.74) is 2.45. The van der Waals surface area contributed by atoms with Crippen molar-refractivity contribution in [2.45, 2.75) is 105 Å². The van der Waals surface area contributed by atoms with Gasteiger partial charge in [-0.25, -0.2) is 0 Å². The van der Waals surface area contributed by atoms with Gasteiger partial charge in [-0.05, 0) is 111 Å². The summed E-state index contributed by atoms with van der Waals surface area (Å²) in [6, 6.07) is 0. The second-order valence-corrected chi connectivity index (χ2v) is 13.5. The highest BCUT2D eigenvalue weighted by atomic mass is 16.3. The zero-order valence-corrected chi connectivity index (χ0v) is 21.1. The highest BCUT2D eigenvalue weighted by Crippen LogP contribution is 2.68. The molecule has 3 saturated carbocycles. The molecule has 4 fully saturated rings. The van der Waals surface area contributed by atoms with Gasteiger partial charge in [0, 0.05) is 12.0 Å². The summed E-state index contributed by atoms with van der Waals surface area (Å²) >= 11 is 0. The molecular weight excluding hydrogens is 378 g/mol. The van der Waals surface area contributed by atoms with Gasteiger partial charge in [0.15, 0.2) is 0 Å². The van der Waals surface area contributed by atoms with Crippen LogP contribution in [0.2, 0.25) is 0 Å². The molecule has 5 rings (SSSR count).